The fourth-order valence-corrected chi connectivity index (χ4v) is 2.67. The van der Waals surface area contributed by atoms with Gasteiger partial charge in [-0.3, -0.25) is 4.79 Å². The van der Waals surface area contributed by atoms with E-state index in [2.05, 4.69) is 13.8 Å². The Morgan fingerprint density at radius 3 is 2.93 bits per heavy atom. The second kappa shape index (κ2) is 6.25. The number of hydrogen-bond acceptors (Lipinski definition) is 3. The first-order chi connectivity index (χ1) is 6.68. The predicted molar refractivity (Wildman–Crippen MR) is 65.2 cm³/mol. The molecule has 78 valence electrons. The summed E-state index contributed by atoms with van der Waals surface area (Å²) in [5.41, 5.74) is 1.16. The fraction of sp³-hybridized carbons (Fsp3) is 0.545. The van der Waals surface area contributed by atoms with Crippen molar-refractivity contribution in [1.29, 1.82) is 0 Å². The number of carbonyl (C=O) groups excluding carboxylic acids is 1. The van der Waals surface area contributed by atoms with E-state index in [0.29, 0.717) is 23.9 Å². The van der Waals surface area contributed by atoms with Crippen molar-refractivity contribution in [2.75, 3.05) is 11.5 Å². The summed E-state index contributed by atoms with van der Waals surface area (Å²) < 4.78 is 0. The Balaban J connectivity index is 2.17. The van der Waals surface area contributed by atoms with E-state index in [-0.39, 0.29) is 0 Å². The van der Waals surface area contributed by atoms with Crippen molar-refractivity contribution in [2.24, 2.45) is 5.92 Å². The maximum absolute atomic E-state index is 11.5. The van der Waals surface area contributed by atoms with Crippen molar-refractivity contribution < 1.29 is 4.79 Å². The average Bonchev–Trinajstić information content (AvgIpc) is 2.56. The van der Waals surface area contributed by atoms with Crippen LogP contribution in [-0.2, 0) is 11.2 Å². The molecule has 3 heteroatoms. The number of thioether (sulfide) groups is 1. The third-order valence-corrected chi connectivity index (χ3v) is 3.86. The van der Waals surface area contributed by atoms with Crippen molar-refractivity contribution in [3.8, 4) is 0 Å². The SMILES string of the molecule is CC(C)CSCC(=O)Cc1ccsc1. The highest BCUT2D eigenvalue weighted by atomic mass is 32.2. The lowest BCUT2D eigenvalue weighted by Crippen LogP contribution is -2.06. The van der Waals surface area contributed by atoms with Crippen LogP contribution >= 0.6 is 23.1 Å². The minimum absolute atomic E-state index is 0.342. The van der Waals surface area contributed by atoms with Gasteiger partial charge in [0.05, 0.1) is 5.75 Å². The molecule has 1 nitrogen and oxygen atoms in total. The first kappa shape index (κ1) is 11.8. The van der Waals surface area contributed by atoms with E-state index in [0.717, 1.165) is 11.3 Å². The number of ketones is 1. The normalized spacial score (nSPS) is 10.8. The summed E-state index contributed by atoms with van der Waals surface area (Å²) in [5, 5.41) is 4.06. The van der Waals surface area contributed by atoms with Crippen molar-refractivity contribution >= 4 is 28.9 Å². The van der Waals surface area contributed by atoms with Crippen LogP contribution in [0.2, 0.25) is 0 Å². The van der Waals surface area contributed by atoms with E-state index in [4.69, 9.17) is 0 Å². The van der Waals surface area contributed by atoms with Crippen LogP contribution in [0.4, 0.5) is 0 Å². The van der Waals surface area contributed by atoms with Gasteiger partial charge in [0.1, 0.15) is 5.78 Å². The van der Waals surface area contributed by atoms with Gasteiger partial charge >= 0.3 is 0 Å². The van der Waals surface area contributed by atoms with Gasteiger partial charge in [-0.1, -0.05) is 13.8 Å². The van der Waals surface area contributed by atoms with Crippen LogP contribution < -0.4 is 0 Å². The third-order valence-electron chi connectivity index (χ3n) is 1.70. The minimum atomic E-state index is 0.342. The van der Waals surface area contributed by atoms with Gasteiger partial charge in [-0.2, -0.15) is 23.1 Å². The molecule has 0 radical (unpaired) electrons. The predicted octanol–water partition coefficient (Wildman–Crippen LogP) is 3.25. The van der Waals surface area contributed by atoms with Gasteiger partial charge in [-0.25, -0.2) is 0 Å². The van der Waals surface area contributed by atoms with E-state index >= 15 is 0 Å². The summed E-state index contributed by atoms with van der Waals surface area (Å²) in [5.74, 6) is 2.76. The Bertz CT molecular complexity index is 265. The molecule has 0 fully saturated rings. The molecular formula is C11H16OS2. The summed E-state index contributed by atoms with van der Waals surface area (Å²) in [6.45, 7) is 4.35. The first-order valence-corrected chi connectivity index (χ1v) is 6.88. The molecule has 0 aliphatic heterocycles. The summed E-state index contributed by atoms with van der Waals surface area (Å²) in [6.07, 6.45) is 0.606. The molecule has 1 rings (SSSR count). The summed E-state index contributed by atoms with van der Waals surface area (Å²) in [7, 11) is 0. The largest absolute Gasteiger partial charge is 0.298 e. The molecule has 1 aromatic heterocycles. The first-order valence-electron chi connectivity index (χ1n) is 4.79. The van der Waals surface area contributed by atoms with Crippen LogP contribution in [0.15, 0.2) is 16.8 Å². The van der Waals surface area contributed by atoms with Gasteiger partial charge in [0, 0.05) is 6.42 Å². The van der Waals surface area contributed by atoms with Gasteiger partial charge in [0.2, 0.25) is 0 Å². The summed E-state index contributed by atoms with van der Waals surface area (Å²) in [4.78, 5) is 11.5. The molecule has 14 heavy (non-hydrogen) atoms. The molecule has 0 bridgehead atoms. The van der Waals surface area contributed by atoms with Crippen LogP contribution in [0.3, 0.4) is 0 Å². The van der Waals surface area contributed by atoms with Gasteiger partial charge in [-0.05, 0) is 34.1 Å². The van der Waals surface area contributed by atoms with Gasteiger partial charge < -0.3 is 0 Å². The van der Waals surface area contributed by atoms with Crippen molar-refractivity contribution in [3.63, 3.8) is 0 Å². The molecular weight excluding hydrogens is 212 g/mol. The number of carbonyl (C=O) groups is 1. The Morgan fingerprint density at radius 1 is 1.57 bits per heavy atom. The number of Topliss-reactive ketones (excluding diaryl/α,β-unsaturated/α-hetero) is 1. The van der Waals surface area contributed by atoms with Gasteiger partial charge in [0.15, 0.2) is 0 Å². The topological polar surface area (TPSA) is 17.1 Å². The molecule has 0 spiro atoms. The average molecular weight is 228 g/mol. The molecule has 0 amide bonds. The Hall–Kier alpha value is -0.280. The van der Waals surface area contributed by atoms with E-state index in [1.54, 1.807) is 23.1 Å². The smallest absolute Gasteiger partial charge is 0.147 e. The molecule has 0 saturated heterocycles. The van der Waals surface area contributed by atoms with Crippen LogP contribution in [0.25, 0.3) is 0 Å². The van der Waals surface area contributed by atoms with E-state index < -0.39 is 0 Å². The zero-order chi connectivity index (χ0) is 10.4. The third kappa shape index (κ3) is 4.82. The van der Waals surface area contributed by atoms with E-state index in [1.165, 1.54) is 0 Å². The molecule has 0 aliphatic rings. The highest BCUT2D eigenvalue weighted by Gasteiger charge is 2.04. The maximum Gasteiger partial charge on any atom is 0.147 e. The fourth-order valence-electron chi connectivity index (χ4n) is 1.08. The monoisotopic (exact) mass is 228 g/mol. The van der Waals surface area contributed by atoms with E-state index in [9.17, 15) is 4.79 Å². The molecule has 0 N–H and O–H groups in total. The van der Waals surface area contributed by atoms with Crippen LogP contribution in [0, 0.1) is 5.92 Å². The van der Waals surface area contributed by atoms with Crippen molar-refractivity contribution in [2.45, 2.75) is 20.3 Å². The molecule has 1 aromatic rings. The molecule has 0 unspecified atom stereocenters. The Morgan fingerprint density at radius 2 is 2.36 bits per heavy atom. The summed E-state index contributed by atoms with van der Waals surface area (Å²) in [6, 6.07) is 2.02. The summed E-state index contributed by atoms with van der Waals surface area (Å²) >= 11 is 3.40. The zero-order valence-corrected chi connectivity index (χ0v) is 10.3. The van der Waals surface area contributed by atoms with Crippen molar-refractivity contribution in [1.82, 2.24) is 0 Å². The van der Waals surface area contributed by atoms with Crippen LogP contribution in [0.5, 0.6) is 0 Å². The van der Waals surface area contributed by atoms with Gasteiger partial charge in [0.25, 0.3) is 0 Å². The highest BCUT2D eigenvalue weighted by molar-refractivity contribution is 7.99. The standard InChI is InChI=1S/C11H16OS2/c1-9(2)6-14-8-11(12)5-10-3-4-13-7-10/h3-4,7,9H,5-6,8H2,1-2H3. The lowest BCUT2D eigenvalue weighted by molar-refractivity contribution is -0.115. The van der Waals surface area contributed by atoms with Crippen LogP contribution in [0.1, 0.15) is 19.4 Å². The minimum Gasteiger partial charge on any atom is -0.298 e. The van der Waals surface area contributed by atoms with E-state index in [1.807, 2.05) is 16.8 Å². The number of thiophene rings is 1. The van der Waals surface area contributed by atoms with Crippen LogP contribution in [-0.4, -0.2) is 17.3 Å². The maximum atomic E-state index is 11.5. The quantitative estimate of drug-likeness (QED) is 0.743. The Labute approximate surface area is 93.9 Å². The molecule has 1 heterocycles. The second-order valence-corrected chi connectivity index (χ2v) is 5.57. The second-order valence-electron chi connectivity index (χ2n) is 3.76. The molecule has 0 aliphatic carbocycles. The van der Waals surface area contributed by atoms with Crippen molar-refractivity contribution in [3.05, 3.63) is 22.4 Å². The zero-order valence-electron chi connectivity index (χ0n) is 8.66. The molecule has 0 atom stereocenters. The lowest BCUT2D eigenvalue weighted by Gasteiger charge is -2.03. The number of rotatable bonds is 6. The molecule has 0 saturated carbocycles. The van der Waals surface area contributed by atoms with Gasteiger partial charge in [-0.15, -0.1) is 0 Å². The Kier molecular flexibility index (Phi) is 5.26. The highest BCUT2D eigenvalue weighted by Crippen LogP contribution is 2.11. The molecule has 0 aromatic carbocycles. The number of hydrogen-bond donors (Lipinski definition) is 0. The lowest BCUT2D eigenvalue weighted by atomic mass is 10.2.